The van der Waals surface area contributed by atoms with E-state index >= 15 is 0 Å². The highest BCUT2D eigenvalue weighted by Gasteiger charge is 2.42. The zero-order valence-corrected chi connectivity index (χ0v) is 10.2. The first-order valence-electron chi connectivity index (χ1n) is 6.26. The van der Waals surface area contributed by atoms with Gasteiger partial charge in [-0.1, -0.05) is 0 Å². The van der Waals surface area contributed by atoms with Gasteiger partial charge in [-0.25, -0.2) is 0 Å². The third-order valence-corrected chi connectivity index (χ3v) is 3.93. The predicted molar refractivity (Wildman–Crippen MR) is 62.6 cm³/mol. The molecular weight excluding hydrogens is 220 g/mol. The van der Waals surface area contributed by atoms with Crippen molar-refractivity contribution in [3.8, 4) is 0 Å². The van der Waals surface area contributed by atoms with Gasteiger partial charge in [0.2, 0.25) is 5.91 Å². The van der Waals surface area contributed by atoms with Gasteiger partial charge in [0.1, 0.15) is 0 Å². The quantitative estimate of drug-likeness (QED) is 0.751. The van der Waals surface area contributed by atoms with E-state index < -0.39 is 11.4 Å². The Kier molecular flexibility index (Phi) is 3.38. The van der Waals surface area contributed by atoms with E-state index in [-0.39, 0.29) is 5.91 Å². The second kappa shape index (κ2) is 4.64. The molecule has 5 nitrogen and oxygen atoms in total. The van der Waals surface area contributed by atoms with Crippen LogP contribution >= 0.6 is 0 Å². The first kappa shape index (κ1) is 12.4. The minimum atomic E-state index is -0.799. The summed E-state index contributed by atoms with van der Waals surface area (Å²) in [6.45, 7) is 3.64. The lowest BCUT2D eigenvalue weighted by Crippen LogP contribution is -2.37. The fraction of sp³-hybridized carbons (Fsp3) is 0.833. The molecule has 2 aliphatic heterocycles. The van der Waals surface area contributed by atoms with Gasteiger partial charge in [-0.05, 0) is 32.7 Å². The summed E-state index contributed by atoms with van der Waals surface area (Å²) in [6.07, 6.45) is 3.25. The van der Waals surface area contributed by atoms with Crippen LogP contribution in [0.1, 0.15) is 32.6 Å². The number of amides is 1. The second-order valence-electron chi connectivity index (χ2n) is 5.43. The first-order valence-corrected chi connectivity index (χ1v) is 6.26. The fourth-order valence-corrected chi connectivity index (χ4v) is 2.62. The zero-order chi connectivity index (χ0) is 12.5. The highest BCUT2D eigenvalue weighted by molar-refractivity contribution is 5.80. The molecule has 96 valence electrons. The summed E-state index contributed by atoms with van der Waals surface area (Å²) in [5.74, 6) is -0.707. The molecular formula is C12H20N2O3. The summed E-state index contributed by atoms with van der Waals surface area (Å²) in [5, 5.41) is 12.4. The maximum atomic E-state index is 12.0. The minimum Gasteiger partial charge on any atom is -0.481 e. The Morgan fingerprint density at radius 2 is 2.29 bits per heavy atom. The first-order chi connectivity index (χ1) is 8.01. The maximum absolute atomic E-state index is 12.0. The van der Waals surface area contributed by atoms with Crippen molar-refractivity contribution in [2.75, 3.05) is 19.6 Å². The Balaban J connectivity index is 1.87. The molecule has 2 unspecified atom stereocenters. The molecule has 0 saturated carbocycles. The standard InChI is InChI=1S/C12H20N2O3/c1-12(11(16)17)4-6-14(8-12)10(15)7-9-3-2-5-13-9/h9,13H,2-8H2,1H3,(H,16,17). The minimum absolute atomic E-state index is 0.0920. The van der Waals surface area contributed by atoms with Crippen molar-refractivity contribution < 1.29 is 14.7 Å². The summed E-state index contributed by atoms with van der Waals surface area (Å²) in [5.41, 5.74) is -0.751. The molecule has 2 N–H and O–H groups in total. The largest absolute Gasteiger partial charge is 0.481 e. The van der Waals surface area contributed by atoms with Crippen LogP contribution in [-0.2, 0) is 9.59 Å². The number of rotatable bonds is 3. The van der Waals surface area contributed by atoms with E-state index in [0.29, 0.717) is 32.0 Å². The molecule has 0 spiro atoms. The Bertz CT molecular complexity index is 326. The lowest BCUT2D eigenvalue weighted by Gasteiger charge is -2.21. The molecule has 1 amide bonds. The van der Waals surface area contributed by atoms with Gasteiger partial charge in [0.05, 0.1) is 5.41 Å². The predicted octanol–water partition coefficient (Wildman–Crippen LogP) is 0.452. The lowest BCUT2D eigenvalue weighted by atomic mass is 9.90. The van der Waals surface area contributed by atoms with Crippen LogP contribution in [-0.4, -0.2) is 47.6 Å². The monoisotopic (exact) mass is 240 g/mol. The molecule has 2 fully saturated rings. The molecule has 2 heterocycles. The molecule has 0 aromatic carbocycles. The van der Waals surface area contributed by atoms with Crippen LogP contribution in [0, 0.1) is 5.41 Å². The number of nitrogens with zero attached hydrogens (tertiary/aromatic N) is 1. The van der Waals surface area contributed by atoms with E-state index in [4.69, 9.17) is 5.11 Å². The van der Waals surface area contributed by atoms with Crippen molar-refractivity contribution in [3.63, 3.8) is 0 Å². The Morgan fingerprint density at radius 3 is 2.82 bits per heavy atom. The van der Waals surface area contributed by atoms with Crippen LogP contribution < -0.4 is 5.32 Å². The highest BCUT2D eigenvalue weighted by Crippen LogP contribution is 2.30. The summed E-state index contributed by atoms with van der Waals surface area (Å²) >= 11 is 0. The van der Waals surface area contributed by atoms with E-state index in [1.54, 1.807) is 11.8 Å². The summed E-state index contributed by atoms with van der Waals surface area (Å²) in [6, 6.07) is 0.291. The SMILES string of the molecule is CC1(C(=O)O)CCN(C(=O)CC2CCCN2)C1. The van der Waals surface area contributed by atoms with Crippen LogP contribution in [0.5, 0.6) is 0 Å². The summed E-state index contributed by atoms with van der Waals surface area (Å²) in [7, 11) is 0. The van der Waals surface area contributed by atoms with Crippen molar-refractivity contribution in [2.24, 2.45) is 5.41 Å². The average molecular weight is 240 g/mol. The number of nitrogens with one attached hydrogen (secondary N) is 1. The van der Waals surface area contributed by atoms with Gasteiger partial charge < -0.3 is 15.3 Å². The fourth-order valence-electron chi connectivity index (χ4n) is 2.62. The third kappa shape index (κ3) is 2.60. The van der Waals surface area contributed by atoms with E-state index in [2.05, 4.69) is 5.32 Å². The molecule has 2 atom stereocenters. The van der Waals surface area contributed by atoms with Crippen molar-refractivity contribution in [1.29, 1.82) is 0 Å². The van der Waals surface area contributed by atoms with Crippen LogP contribution in [0.3, 0.4) is 0 Å². The van der Waals surface area contributed by atoms with Crippen LogP contribution in [0.15, 0.2) is 0 Å². The van der Waals surface area contributed by atoms with E-state index in [9.17, 15) is 9.59 Å². The molecule has 5 heteroatoms. The topological polar surface area (TPSA) is 69.6 Å². The van der Waals surface area contributed by atoms with Gasteiger partial charge in [-0.15, -0.1) is 0 Å². The van der Waals surface area contributed by atoms with Gasteiger partial charge in [-0.3, -0.25) is 9.59 Å². The van der Waals surface area contributed by atoms with Crippen LogP contribution in [0.25, 0.3) is 0 Å². The Morgan fingerprint density at radius 1 is 1.53 bits per heavy atom. The number of carboxylic acids is 1. The Hall–Kier alpha value is -1.10. The molecule has 2 rings (SSSR count). The van der Waals surface area contributed by atoms with Gasteiger partial charge in [0.15, 0.2) is 0 Å². The normalized spacial score (nSPS) is 33.0. The van der Waals surface area contributed by atoms with Gasteiger partial charge >= 0.3 is 5.97 Å². The van der Waals surface area contributed by atoms with E-state index in [1.165, 1.54) is 0 Å². The lowest BCUT2D eigenvalue weighted by molar-refractivity contribution is -0.147. The highest BCUT2D eigenvalue weighted by atomic mass is 16.4. The summed E-state index contributed by atoms with van der Waals surface area (Å²) in [4.78, 5) is 24.8. The second-order valence-corrected chi connectivity index (χ2v) is 5.43. The summed E-state index contributed by atoms with van der Waals surface area (Å²) < 4.78 is 0. The molecule has 0 aromatic rings. The third-order valence-electron chi connectivity index (χ3n) is 3.93. The number of hydrogen-bond donors (Lipinski definition) is 2. The van der Waals surface area contributed by atoms with Crippen LogP contribution in [0.4, 0.5) is 0 Å². The number of likely N-dealkylation sites (tertiary alicyclic amines) is 1. The number of carbonyl (C=O) groups is 2. The van der Waals surface area contributed by atoms with Crippen molar-refractivity contribution in [3.05, 3.63) is 0 Å². The van der Waals surface area contributed by atoms with Crippen molar-refractivity contribution >= 4 is 11.9 Å². The van der Waals surface area contributed by atoms with Crippen molar-refractivity contribution in [2.45, 2.75) is 38.6 Å². The zero-order valence-electron chi connectivity index (χ0n) is 10.2. The van der Waals surface area contributed by atoms with Crippen molar-refractivity contribution in [1.82, 2.24) is 10.2 Å². The van der Waals surface area contributed by atoms with E-state index in [0.717, 1.165) is 19.4 Å². The molecule has 0 aliphatic carbocycles. The molecule has 2 saturated heterocycles. The molecule has 0 radical (unpaired) electrons. The number of carboxylic acid groups (broad SMARTS) is 1. The smallest absolute Gasteiger partial charge is 0.311 e. The molecule has 2 aliphatic rings. The van der Waals surface area contributed by atoms with Gasteiger partial charge in [0.25, 0.3) is 0 Å². The number of hydrogen-bond acceptors (Lipinski definition) is 3. The maximum Gasteiger partial charge on any atom is 0.311 e. The number of aliphatic carboxylic acids is 1. The van der Waals surface area contributed by atoms with Gasteiger partial charge in [0, 0.05) is 25.6 Å². The van der Waals surface area contributed by atoms with Gasteiger partial charge in [-0.2, -0.15) is 0 Å². The molecule has 0 bridgehead atoms. The number of carbonyl (C=O) groups excluding carboxylic acids is 1. The van der Waals surface area contributed by atoms with E-state index in [1.807, 2.05) is 0 Å². The molecule has 17 heavy (non-hydrogen) atoms. The average Bonchev–Trinajstić information content (AvgIpc) is 2.88. The van der Waals surface area contributed by atoms with Crippen LogP contribution in [0.2, 0.25) is 0 Å². The Labute approximate surface area is 101 Å². The molecule has 0 aromatic heterocycles.